The van der Waals surface area contributed by atoms with Crippen molar-refractivity contribution in [3.05, 3.63) is 11.1 Å². The number of nitrogens with one attached hydrogen (secondary N) is 1. The van der Waals surface area contributed by atoms with Crippen LogP contribution in [0.2, 0.25) is 0 Å². The average molecular weight is 295 g/mol. The molecule has 0 aliphatic carbocycles. The van der Waals surface area contributed by atoms with Crippen LogP contribution >= 0.6 is 11.3 Å². The lowest BCUT2D eigenvalue weighted by atomic mass is 9.82. The van der Waals surface area contributed by atoms with Crippen molar-refractivity contribution in [3.63, 3.8) is 0 Å². The number of aromatic nitrogens is 1. The van der Waals surface area contributed by atoms with Crippen molar-refractivity contribution in [2.24, 2.45) is 5.41 Å². The third kappa shape index (κ3) is 3.34. The van der Waals surface area contributed by atoms with E-state index in [9.17, 15) is 0 Å². The van der Waals surface area contributed by atoms with Gasteiger partial charge in [-0.15, -0.1) is 11.3 Å². The summed E-state index contributed by atoms with van der Waals surface area (Å²) in [4.78, 5) is 8.52. The smallest absolute Gasteiger partial charge is 0.185 e. The zero-order valence-electron chi connectivity index (χ0n) is 13.4. The molecule has 1 aliphatic heterocycles. The van der Waals surface area contributed by atoms with Crippen LogP contribution in [0.5, 0.6) is 0 Å². The molecule has 114 valence electrons. The molecule has 0 saturated carbocycles. The van der Waals surface area contributed by atoms with Crippen molar-refractivity contribution < 1.29 is 0 Å². The van der Waals surface area contributed by atoms with E-state index in [0.29, 0.717) is 11.5 Å². The molecule has 2 heterocycles. The molecule has 3 nitrogen and oxygen atoms in total. The second-order valence-electron chi connectivity index (χ2n) is 6.10. The lowest BCUT2D eigenvalue weighted by molar-refractivity contribution is 0.301. The van der Waals surface area contributed by atoms with Gasteiger partial charge in [0.2, 0.25) is 0 Å². The molecule has 4 heteroatoms. The summed E-state index contributed by atoms with van der Waals surface area (Å²) in [5.41, 5.74) is 0.526. The van der Waals surface area contributed by atoms with Crippen LogP contribution in [0.25, 0.3) is 0 Å². The van der Waals surface area contributed by atoms with Crippen molar-refractivity contribution in [3.8, 4) is 0 Å². The van der Waals surface area contributed by atoms with Crippen molar-refractivity contribution in [2.45, 2.75) is 59.4 Å². The first-order valence-electron chi connectivity index (χ1n) is 8.08. The van der Waals surface area contributed by atoms with E-state index in [0.717, 1.165) is 6.54 Å². The number of nitrogens with zero attached hydrogens (tertiary/aromatic N) is 2. The second kappa shape index (κ2) is 6.90. The largest absolute Gasteiger partial charge is 0.348 e. The standard InChI is InChI=1S/C16H29N3S/c1-5-9-17-13(4)14-11-18-15(20-14)19-10-8-16(6-2,7-3)12-19/h11,13,17H,5-10,12H2,1-4H3. The van der Waals surface area contributed by atoms with Crippen molar-refractivity contribution in [1.29, 1.82) is 0 Å². The van der Waals surface area contributed by atoms with Crippen molar-refractivity contribution in [2.75, 3.05) is 24.5 Å². The normalized spacial score (nSPS) is 19.5. The van der Waals surface area contributed by atoms with Gasteiger partial charge in [-0.1, -0.05) is 20.8 Å². The molecule has 1 N–H and O–H groups in total. The maximum absolute atomic E-state index is 4.67. The van der Waals surface area contributed by atoms with E-state index >= 15 is 0 Å². The predicted molar refractivity (Wildman–Crippen MR) is 88.7 cm³/mol. The van der Waals surface area contributed by atoms with Gasteiger partial charge in [-0.2, -0.15) is 0 Å². The van der Waals surface area contributed by atoms with Crippen LogP contribution < -0.4 is 10.2 Å². The number of rotatable bonds is 7. The molecule has 1 saturated heterocycles. The van der Waals surface area contributed by atoms with Crippen LogP contribution in [0.3, 0.4) is 0 Å². The quantitative estimate of drug-likeness (QED) is 0.816. The summed E-state index contributed by atoms with van der Waals surface area (Å²) >= 11 is 1.86. The maximum Gasteiger partial charge on any atom is 0.185 e. The Kier molecular flexibility index (Phi) is 5.44. The molecule has 0 bridgehead atoms. The molecule has 1 fully saturated rings. The highest BCUT2D eigenvalue weighted by Gasteiger charge is 2.36. The molecule has 1 aromatic rings. The van der Waals surface area contributed by atoms with Gasteiger partial charge in [0.1, 0.15) is 0 Å². The van der Waals surface area contributed by atoms with E-state index in [-0.39, 0.29) is 0 Å². The highest BCUT2D eigenvalue weighted by atomic mass is 32.1. The topological polar surface area (TPSA) is 28.2 Å². The third-order valence-corrected chi connectivity index (χ3v) is 6.09. The van der Waals surface area contributed by atoms with Gasteiger partial charge < -0.3 is 10.2 Å². The van der Waals surface area contributed by atoms with Crippen LogP contribution in [0.1, 0.15) is 64.3 Å². The summed E-state index contributed by atoms with van der Waals surface area (Å²) in [6.07, 6.45) is 7.13. The fourth-order valence-corrected chi connectivity index (χ4v) is 3.98. The molecule has 1 unspecified atom stereocenters. The zero-order chi connectivity index (χ0) is 14.6. The average Bonchev–Trinajstić information content (AvgIpc) is 3.11. The molecule has 0 amide bonds. The van der Waals surface area contributed by atoms with Gasteiger partial charge in [-0.05, 0) is 44.6 Å². The van der Waals surface area contributed by atoms with E-state index in [4.69, 9.17) is 0 Å². The Morgan fingerprint density at radius 3 is 2.75 bits per heavy atom. The molecular weight excluding hydrogens is 266 g/mol. The van der Waals surface area contributed by atoms with E-state index in [1.54, 1.807) is 0 Å². The minimum Gasteiger partial charge on any atom is -0.348 e. The van der Waals surface area contributed by atoms with Gasteiger partial charge in [-0.25, -0.2) is 4.98 Å². The van der Waals surface area contributed by atoms with Crippen LogP contribution in [0, 0.1) is 5.41 Å². The minimum atomic E-state index is 0.422. The molecule has 1 aromatic heterocycles. The van der Waals surface area contributed by atoms with Gasteiger partial charge in [0, 0.05) is 30.2 Å². The Hall–Kier alpha value is -0.610. The SMILES string of the molecule is CCCNC(C)c1cnc(N2CCC(CC)(CC)C2)s1. The van der Waals surface area contributed by atoms with E-state index in [1.165, 1.54) is 48.8 Å². The Morgan fingerprint density at radius 1 is 1.40 bits per heavy atom. The monoisotopic (exact) mass is 295 g/mol. The first-order chi connectivity index (χ1) is 9.64. The lowest BCUT2D eigenvalue weighted by Crippen LogP contribution is -2.25. The van der Waals surface area contributed by atoms with Crippen molar-refractivity contribution in [1.82, 2.24) is 10.3 Å². The van der Waals surface area contributed by atoms with Crippen molar-refractivity contribution >= 4 is 16.5 Å². The zero-order valence-corrected chi connectivity index (χ0v) is 14.2. The highest BCUT2D eigenvalue weighted by Crippen LogP contribution is 2.40. The predicted octanol–water partition coefficient (Wildman–Crippen LogP) is 4.22. The fraction of sp³-hybridized carbons (Fsp3) is 0.812. The van der Waals surface area contributed by atoms with E-state index < -0.39 is 0 Å². The molecular formula is C16H29N3S. The van der Waals surface area contributed by atoms with Crippen LogP contribution in [0.15, 0.2) is 6.20 Å². The van der Waals surface area contributed by atoms with E-state index in [2.05, 4.69) is 49.1 Å². The van der Waals surface area contributed by atoms with Gasteiger partial charge in [0.25, 0.3) is 0 Å². The van der Waals surface area contributed by atoms with Crippen LogP contribution in [-0.4, -0.2) is 24.6 Å². The molecule has 1 atom stereocenters. The summed E-state index contributed by atoms with van der Waals surface area (Å²) in [7, 11) is 0. The Balaban J connectivity index is 1.99. The molecule has 20 heavy (non-hydrogen) atoms. The second-order valence-corrected chi connectivity index (χ2v) is 7.14. The fourth-order valence-electron chi connectivity index (χ4n) is 3.01. The number of thiazole rings is 1. The third-order valence-electron chi connectivity index (χ3n) is 4.85. The van der Waals surface area contributed by atoms with Gasteiger partial charge in [0.05, 0.1) is 0 Å². The maximum atomic E-state index is 4.67. The Labute approximate surface area is 127 Å². The molecule has 0 spiro atoms. The van der Waals surface area contributed by atoms with Gasteiger partial charge in [-0.3, -0.25) is 0 Å². The summed E-state index contributed by atoms with van der Waals surface area (Å²) < 4.78 is 0. The molecule has 1 aliphatic rings. The highest BCUT2D eigenvalue weighted by molar-refractivity contribution is 7.15. The summed E-state index contributed by atoms with van der Waals surface area (Å²) in [6.45, 7) is 12.5. The van der Waals surface area contributed by atoms with Gasteiger partial charge >= 0.3 is 0 Å². The van der Waals surface area contributed by atoms with E-state index in [1.807, 2.05) is 11.3 Å². The van der Waals surface area contributed by atoms with Gasteiger partial charge in [0.15, 0.2) is 5.13 Å². The van der Waals surface area contributed by atoms with Crippen LogP contribution in [-0.2, 0) is 0 Å². The Bertz CT molecular complexity index is 412. The summed E-state index contributed by atoms with van der Waals surface area (Å²) in [5, 5.41) is 4.76. The Morgan fingerprint density at radius 2 is 2.15 bits per heavy atom. The number of anilines is 1. The first kappa shape index (κ1) is 15.8. The summed E-state index contributed by atoms with van der Waals surface area (Å²) in [5.74, 6) is 0. The lowest BCUT2D eigenvalue weighted by Gasteiger charge is -2.26. The van der Waals surface area contributed by atoms with Crippen LogP contribution in [0.4, 0.5) is 5.13 Å². The molecule has 0 aromatic carbocycles. The minimum absolute atomic E-state index is 0.422. The summed E-state index contributed by atoms with van der Waals surface area (Å²) in [6, 6.07) is 0.422. The number of hydrogen-bond acceptors (Lipinski definition) is 4. The first-order valence-corrected chi connectivity index (χ1v) is 8.90. The number of hydrogen-bond donors (Lipinski definition) is 1. The molecule has 2 rings (SSSR count). The molecule has 0 radical (unpaired) electrons.